The Kier molecular flexibility index (Phi) is 4.74. The second-order valence-corrected chi connectivity index (χ2v) is 6.52. The molecule has 0 aliphatic carbocycles. The van der Waals surface area contributed by atoms with Crippen molar-refractivity contribution in [1.29, 1.82) is 0 Å². The minimum absolute atomic E-state index is 0.760. The number of fused-ring (bicyclic) bond motifs is 2. The first kappa shape index (κ1) is 14.1. The van der Waals surface area contributed by atoms with E-state index in [1.807, 2.05) is 0 Å². The number of piperidine rings is 2. The van der Waals surface area contributed by atoms with Gasteiger partial charge in [-0.1, -0.05) is 36.8 Å². The monoisotopic (exact) mass is 272 g/mol. The second-order valence-electron chi connectivity index (χ2n) is 6.52. The molecule has 1 aromatic rings. The summed E-state index contributed by atoms with van der Waals surface area (Å²) in [4.78, 5) is 2.83. The Bertz CT molecular complexity index is 389. The van der Waals surface area contributed by atoms with E-state index in [1.165, 1.54) is 57.1 Å². The summed E-state index contributed by atoms with van der Waals surface area (Å²) >= 11 is 0. The van der Waals surface area contributed by atoms with Gasteiger partial charge in [0.2, 0.25) is 0 Å². The Hall–Kier alpha value is -0.860. The summed E-state index contributed by atoms with van der Waals surface area (Å²) in [5, 5.41) is 3.51. The molecule has 1 N–H and O–H groups in total. The van der Waals surface area contributed by atoms with E-state index in [0.717, 1.165) is 18.1 Å². The molecule has 3 rings (SSSR count). The van der Waals surface area contributed by atoms with E-state index in [9.17, 15) is 0 Å². The van der Waals surface area contributed by atoms with Crippen molar-refractivity contribution in [2.45, 2.75) is 63.1 Å². The van der Waals surface area contributed by atoms with Crippen LogP contribution in [0.5, 0.6) is 0 Å². The second kappa shape index (κ2) is 6.73. The molecule has 2 heteroatoms. The van der Waals surface area contributed by atoms with E-state index in [1.54, 1.807) is 0 Å². The van der Waals surface area contributed by atoms with Crippen molar-refractivity contribution < 1.29 is 0 Å². The molecule has 2 saturated heterocycles. The third-order valence-electron chi connectivity index (χ3n) is 5.26. The fourth-order valence-corrected chi connectivity index (χ4v) is 4.19. The lowest BCUT2D eigenvalue weighted by Crippen LogP contribution is -2.56. The first-order chi connectivity index (χ1) is 9.86. The molecular formula is C18H28N2. The minimum atomic E-state index is 0.760. The Morgan fingerprint density at radius 1 is 1.10 bits per heavy atom. The van der Waals surface area contributed by atoms with Gasteiger partial charge in [0.25, 0.3) is 0 Å². The highest BCUT2D eigenvalue weighted by Gasteiger charge is 2.37. The lowest BCUT2D eigenvalue weighted by molar-refractivity contribution is 0.0253. The van der Waals surface area contributed by atoms with E-state index < -0.39 is 0 Å². The van der Waals surface area contributed by atoms with Gasteiger partial charge in [-0.15, -0.1) is 0 Å². The highest BCUT2D eigenvalue weighted by Crippen LogP contribution is 2.34. The van der Waals surface area contributed by atoms with Gasteiger partial charge in [-0.05, 0) is 57.7 Å². The van der Waals surface area contributed by atoms with E-state index in [-0.39, 0.29) is 0 Å². The van der Waals surface area contributed by atoms with Gasteiger partial charge in [0.1, 0.15) is 0 Å². The molecule has 2 aliphatic rings. The Balaban J connectivity index is 1.52. The van der Waals surface area contributed by atoms with Crippen LogP contribution in [-0.4, -0.2) is 36.6 Å². The predicted octanol–water partition coefficient (Wildman–Crippen LogP) is 3.22. The van der Waals surface area contributed by atoms with Crippen LogP contribution in [0.25, 0.3) is 0 Å². The third kappa shape index (κ3) is 3.24. The van der Waals surface area contributed by atoms with Crippen LogP contribution in [0.3, 0.4) is 0 Å². The summed E-state index contributed by atoms with van der Waals surface area (Å²) in [7, 11) is 2.13. The van der Waals surface area contributed by atoms with Gasteiger partial charge in [-0.2, -0.15) is 0 Å². The average molecular weight is 272 g/mol. The molecule has 2 unspecified atom stereocenters. The molecule has 0 saturated carbocycles. The number of benzene rings is 1. The molecule has 2 aliphatic heterocycles. The molecule has 1 aromatic carbocycles. The Morgan fingerprint density at radius 3 is 2.45 bits per heavy atom. The quantitative estimate of drug-likeness (QED) is 0.885. The van der Waals surface area contributed by atoms with Crippen molar-refractivity contribution >= 4 is 0 Å². The normalized spacial score (nSPS) is 30.4. The summed E-state index contributed by atoms with van der Waals surface area (Å²) in [5.41, 5.74) is 1.49. The molecule has 0 amide bonds. The maximum Gasteiger partial charge on any atom is 0.0113 e. The number of hydrogen-bond donors (Lipinski definition) is 1. The zero-order valence-electron chi connectivity index (χ0n) is 12.7. The first-order valence-electron chi connectivity index (χ1n) is 8.34. The van der Waals surface area contributed by atoms with Crippen molar-refractivity contribution in [3.63, 3.8) is 0 Å². The standard InChI is InChI=1S/C18H28N2/c1-19-16-13-17-10-5-11-18(14-16)20(17)12-6-9-15-7-3-2-4-8-15/h2-4,7-8,16-19H,5-6,9-14H2,1H3. The highest BCUT2D eigenvalue weighted by atomic mass is 15.2. The van der Waals surface area contributed by atoms with Gasteiger partial charge < -0.3 is 5.32 Å². The van der Waals surface area contributed by atoms with Crippen LogP contribution in [0.2, 0.25) is 0 Å². The van der Waals surface area contributed by atoms with Crippen molar-refractivity contribution in [1.82, 2.24) is 10.2 Å². The number of nitrogens with zero attached hydrogens (tertiary/aromatic N) is 1. The topological polar surface area (TPSA) is 15.3 Å². The van der Waals surface area contributed by atoms with Crippen LogP contribution in [0.15, 0.2) is 30.3 Å². The van der Waals surface area contributed by atoms with Crippen LogP contribution < -0.4 is 5.32 Å². The predicted molar refractivity (Wildman–Crippen MR) is 85.0 cm³/mol. The molecule has 110 valence electrons. The van der Waals surface area contributed by atoms with Crippen molar-refractivity contribution in [2.24, 2.45) is 0 Å². The van der Waals surface area contributed by atoms with E-state index >= 15 is 0 Å². The van der Waals surface area contributed by atoms with Crippen molar-refractivity contribution in [3.05, 3.63) is 35.9 Å². The van der Waals surface area contributed by atoms with Crippen LogP contribution in [0.4, 0.5) is 0 Å². The molecule has 0 radical (unpaired) electrons. The number of rotatable bonds is 5. The van der Waals surface area contributed by atoms with Crippen LogP contribution in [0.1, 0.15) is 44.1 Å². The largest absolute Gasteiger partial charge is 0.317 e. The van der Waals surface area contributed by atoms with E-state index in [4.69, 9.17) is 0 Å². The Morgan fingerprint density at radius 2 is 1.80 bits per heavy atom. The van der Waals surface area contributed by atoms with Gasteiger partial charge in [-0.3, -0.25) is 4.90 Å². The van der Waals surface area contributed by atoms with E-state index in [0.29, 0.717) is 0 Å². The maximum atomic E-state index is 3.51. The number of aryl methyl sites for hydroxylation is 1. The molecule has 2 atom stereocenters. The smallest absolute Gasteiger partial charge is 0.0113 e. The van der Waals surface area contributed by atoms with Gasteiger partial charge in [0.05, 0.1) is 0 Å². The maximum absolute atomic E-state index is 3.51. The van der Waals surface area contributed by atoms with Crippen LogP contribution >= 0.6 is 0 Å². The summed E-state index contributed by atoms with van der Waals surface area (Å²) in [6.45, 7) is 1.29. The molecule has 20 heavy (non-hydrogen) atoms. The fraction of sp³-hybridized carbons (Fsp3) is 0.667. The summed E-state index contributed by atoms with van der Waals surface area (Å²) in [6, 6.07) is 13.4. The zero-order chi connectivity index (χ0) is 13.8. The van der Waals surface area contributed by atoms with E-state index in [2.05, 4.69) is 47.6 Å². The molecule has 0 aromatic heterocycles. The third-order valence-corrected chi connectivity index (χ3v) is 5.26. The fourth-order valence-electron chi connectivity index (χ4n) is 4.19. The van der Waals surface area contributed by atoms with Crippen molar-refractivity contribution in [2.75, 3.05) is 13.6 Å². The van der Waals surface area contributed by atoms with Crippen molar-refractivity contribution in [3.8, 4) is 0 Å². The summed E-state index contributed by atoms with van der Waals surface area (Å²) in [6.07, 6.45) is 9.53. The highest BCUT2D eigenvalue weighted by molar-refractivity contribution is 5.14. The minimum Gasteiger partial charge on any atom is -0.317 e. The molecule has 2 bridgehead atoms. The number of hydrogen-bond acceptors (Lipinski definition) is 2. The molecule has 2 fully saturated rings. The SMILES string of the molecule is CNC1CC2CCCC(C1)N2CCCc1ccccc1. The van der Waals surface area contributed by atoms with Gasteiger partial charge in [-0.25, -0.2) is 0 Å². The lowest BCUT2D eigenvalue weighted by atomic mass is 9.81. The summed E-state index contributed by atoms with van der Waals surface area (Å²) in [5.74, 6) is 0. The number of nitrogens with one attached hydrogen (secondary N) is 1. The first-order valence-corrected chi connectivity index (χ1v) is 8.34. The van der Waals surface area contributed by atoms with Gasteiger partial charge in [0, 0.05) is 18.1 Å². The molecule has 2 nitrogen and oxygen atoms in total. The van der Waals surface area contributed by atoms with Gasteiger partial charge >= 0.3 is 0 Å². The average Bonchev–Trinajstić information content (AvgIpc) is 2.48. The van der Waals surface area contributed by atoms with Crippen LogP contribution in [-0.2, 0) is 6.42 Å². The van der Waals surface area contributed by atoms with Crippen LogP contribution in [0, 0.1) is 0 Å². The van der Waals surface area contributed by atoms with Gasteiger partial charge in [0.15, 0.2) is 0 Å². The lowest BCUT2D eigenvalue weighted by Gasteiger charge is -2.49. The Labute approximate surface area is 123 Å². The molecular weight excluding hydrogens is 244 g/mol. The summed E-state index contributed by atoms with van der Waals surface area (Å²) < 4.78 is 0. The molecule has 2 heterocycles. The zero-order valence-corrected chi connectivity index (χ0v) is 12.7. The molecule has 0 spiro atoms.